The first-order valence-electron chi connectivity index (χ1n) is 16.5. The highest BCUT2D eigenvalue weighted by atomic mass is 16.8. The van der Waals surface area contributed by atoms with Crippen molar-refractivity contribution in [3.8, 4) is 0 Å². The molecule has 0 aromatic heterocycles. The second-order valence-corrected chi connectivity index (χ2v) is 12.6. The zero-order chi connectivity index (χ0) is 39.1. The van der Waals surface area contributed by atoms with Gasteiger partial charge in [0.05, 0.1) is 57.0 Å². The molecule has 19 nitrogen and oxygen atoms in total. The van der Waals surface area contributed by atoms with E-state index < -0.39 is 123 Å². The minimum Gasteiger partial charge on any atom is -0.471 e. The van der Waals surface area contributed by atoms with E-state index in [1.807, 2.05) is 0 Å². The van der Waals surface area contributed by atoms with Crippen molar-refractivity contribution in [1.82, 2.24) is 0 Å². The van der Waals surface area contributed by atoms with Gasteiger partial charge in [0.25, 0.3) is 0 Å². The van der Waals surface area contributed by atoms with Crippen LogP contribution in [0.5, 0.6) is 0 Å². The SMILES string of the molecule is C=C[C@H]1[C@H](O[C@@H]2O[C@H](CO)[C@@H](O)[C@H](O)[C@H]2O)OC=C(C(=O)OC)[C@@H]1/C(C=O)=C/C[C@H]1C(C(=O)OC)=CO[C@@H](O[C@@H]2O[C@H](CO)[C@@H](O)[C@H](O)[C@H]2O)[C@@H]1C=C. The van der Waals surface area contributed by atoms with Gasteiger partial charge < -0.3 is 78.7 Å². The average molecular weight is 759 g/mol. The number of allylic oxidation sites excluding steroid dienone is 2. The van der Waals surface area contributed by atoms with Gasteiger partial charge in [-0.1, -0.05) is 18.2 Å². The summed E-state index contributed by atoms with van der Waals surface area (Å²) in [5.41, 5.74) is -0.223. The average Bonchev–Trinajstić information content (AvgIpc) is 3.17. The monoisotopic (exact) mass is 758 g/mol. The standard InChI is InChI=1S/C34H46O19/c1-5-15-17(18(29(44)46-3)12-48-31(15)52-33-27(42)25(40)23(38)20(10-36)50-33)8-7-14(9-35)22-16(6-2)32(49-13-19(22)30(45)47-4)53-34-28(43)26(41)24(39)21(11-37)51-34/h5-7,9,12-13,15-17,20-28,31-34,36-43H,1-2,8,10-11H2,3-4H3/b14-7+/t15-,16-,17-,20-,21-,22-,23-,24-,25+,26+,27-,28-,31+,32+,33+,34+/m1/s1. The Hall–Kier alpha value is -3.57. The van der Waals surface area contributed by atoms with E-state index in [0.29, 0.717) is 6.29 Å². The number of carbonyl (C=O) groups is 3. The Kier molecular flexibility index (Phi) is 14.8. The number of hydrogen-bond donors (Lipinski definition) is 8. The van der Waals surface area contributed by atoms with Crippen molar-refractivity contribution >= 4 is 18.2 Å². The maximum atomic E-state index is 13.0. The quantitative estimate of drug-likeness (QED) is 0.0375. The maximum absolute atomic E-state index is 13.0. The summed E-state index contributed by atoms with van der Waals surface area (Å²) in [7, 11) is 2.23. The van der Waals surface area contributed by atoms with E-state index in [2.05, 4.69) is 13.2 Å². The van der Waals surface area contributed by atoms with E-state index in [9.17, 15) is 55.2 Å². The van der Waals surface area contributed by atoms with Crippen molar-refractivity contribution in [2.24, 2.45) is 23.7 Å². The number of aldehydes is 1. The zero-order valence-corrected chi connectivity index (χ0v) is 28.8. The van der Waals surface area contributed by atoms with Crippen LogP contribution in [0, 0.1) is 23.7 Å². The van der Waals surface area contributed by atoms with Gasteiger partial charge in [0, 0.05) is 17.8 Å². The molecule has 0 spiro atoms. The van der Waals surface area contributed by atoms with Crippen LogP contribution in [-0.2, 0) is 52.3 Å². The summed E-state index contributed by atoms with van der Waals surface area (Å²) in [5, 5.41) is 81.1. The fourth-order valence-corrected chi connectivity index (χ4v) is 6.58. The molecule has 0 radical (unpaired) electrons. The zero-order valence-electron chi connectivity index (χ0n) is 28.8. The predicted molar refractivity (Wildman–Crippen MR) is 173 cm³/mol. The molecule has 2 fully saturated rings. The third-order valence-corrected chi connectivity index (χ3v) is 9.59. The third kappa shape index (κ3) is 8.72. The summed E-state index contributed by atoms with van der Waals surface area (Å²) in [4.78, 5) is 38.7. The molecule has 16 atom stereocenters. The lowest BCUT2D eigenvalue weighted by Crippen LogP contribution is -2.60. The van der Waals surface area contributed by atoms with Crippen LogP contribution in [-0.4, -0.2) is 161 Å². The van der Waals surface area contributed by atoms with Gasteiger partial charge in [-0.05, 0) is 12.0 Å². The van der Waals surface area contributed by atoms with Crippen LogP contribution in [0.1, 0.15) is 6.42 Å². The van der Waals surface area contributed by atoms with Crippen LogP contribution in [0.25, 0.3) is 0 Å². The Bertz CT molecular complexity index is 1410. The molecule has 4 aliphatic rings. The fourth-order valence-electron chi connectivity index (χ4n) is 6.58. The first kappa shape index (κ1) is 42.2. The van der Waals surface area contributed by atoms with E-state index in [4.69, 9.17) is 37.9 Å². The Morgan fingerprint density at radius 2 is 1.15 bits per heavy atom. The Morgan fingerprint density at radius 1 is 0.698 bits per heavy atom. The second-order valence-electron chi connectivity index (χ2n) is 12.6. The first-order valence-corrected chi connectivity index (χ1v) is 16.5. The number of carbonyl (C=O) groups excluding carboxylic acids is 3. The number of aliphatic hydroxyl groups is 8. The lowest BCUT2D eigenvalue weighted by molar-refractivity contribution is -0.339. The number of ether oxygens (including phenoxy) is 8. The molecule has 0 bridgehead atoms. The van der Waals surface area contributed by atoms with Crippen LogP contribution in [0.4, 0.5) is 0 Å². The number of rotatable bonds is 14. The largest absolute Gasteiger partial charge is 0.471 e. The van der Waals surface area contributed by atoms with Crippen molar-refractivity contribution < 1.29 is 93.1 Å². The smallest absolute Gasteiger partial charge is 0.337 e. The minimum atomic E-state index is -1.81. The van der Waals surface area contributed by atoms with Gasteiger partial charge in [-0.3, -0.25) is 4.79 Å². The molecule has 4 heterocycles. The molecule has 0 saturated carbocycles. The Balaban J connectivity index is 1.66. The summed E-state index contributed by atoms with van der Waals surface area (Å²) in [5.74, 6) is -5.82. The van der Waals surface area contributed by atoms with E-state index in [0.717, 1.165) is 26.7 Å². The summed E-state index contributed by atoms with van der Waals surface area (Å²) < 4.78 is 43.7. The molecule has 19 heteroatoms. The van der Waals surface area contributed by atoms with E-state index in [-0.39, 0.29) is 23.1 Å². The highest BCUT2D eigenvalue weighted by molar-refractivity contribution is 5.92. The number of esters is 2. The summed E-state index contributed by atoms with van der Waals surface area (Å²) in [6.45, 7) is 6.16. The molecule has 2 saturated heterocycles. The minimum absolute atomic E-state index is 0.0210. The molecule has 0 amide bonds. The second kappa shape index (κ2) is 18.7. The van der Waals surface area contributed by atoms with Gasteiger partial charge in [0.1, 0.15) is 55.1 Å². The maximum Gasteiger partial charge on any atom is 0.337 e. The van der Waals surface area contributed by atoms with Gasteiger partial charge in [0.2, 0.25) is 12.6 Å². The molecule has 8 N–H and O–H groups in total. The van der Waals surface area contributed by atoms with Gasteiger partial charge in [-0.25, -0.2) is 9.59 Å². The van der Waals surface area contributed by atoms with Crippen LogP contribution < -0.4 is 0 Å². The Morgan fingerprint density at radius 3 is 1.58 bits per heavy atom. The van der Waals surface area contributed by atoms with Crippen molar-refractivity contribution in [1.29, 1.82) is 0 Å². The molecule has 4 rings (SSSR count). The van der Waals surface area contributed by atoms with Crippen LogP contribution in [0.15, 0.2) is 60.6 Å². The molecular weight excluding hydrogens is 712 g/mol. The topological polar surface area (TPSA) is 287 Å². The van der Waals surface area contributed by atoms with Crippen LogP contribution in [0.3, 0.4) is 0 Å². The lowest BCUT2D eigenvalue weighted by Gasteiger charge is -2.43. The summed E-state index contributed by atoms with van der Waals surface area (Å²) >= 11 is 0. The van der Waals surface area contributed by atoms with Gasteiger partial charge in [0.15, 0.2) is 12.6 Å². The number of aliphatic hydroxyl groups excluding tert-OH is 8. The summed E-state index contributed by atoms with van der Waals surface area (Å²) in [6.07, 6.45) is -12.7. The number of hydrogen-bond acceptors (Lipinski definition) is 19. The normalized spacial score (nSPS) is 40.4. The molecule has 0 aliphatic carbocycles. The van der Waals surface area contributed by atoms with E-state index in [1.165, 1.54) is 18.2 Å². The number of methoxy groups -OCH3 is 2. The predicted octanol–water partition coefficient (Wildman–Crippen LogP) is -3.20. The van der Waals surface area contributed by atoms with Crippen molar-refractivity contribution in [3.05, 3.63) is 60.6 Å². The van der Waals surface area contributed by atoms with Crippen molar-refractivity contribution in [3.63, 3.8) is 0 Å². The molecule has 0 unspecified atom stereocenters. The third-order valence-electron chi connectivity index (χ3n) is 9.59. The Labute approximate surface area is 303 Å². The van der Waals surface area contributed by atoms with Gasteiger partial charge in [-0.2, -0.15) is 0 Å². The molecule has 53 heavy (non-hydrogen) atoms. The molecule has 296 valence electrons. The van der Waals surface area contributed by atoms with Crippen molar-refractivity contribution in [2.75, 3.05) is 27.4 Å². The fraction of sp³-hybridized carbons (Fsp3) is 0.618. The van der Waals surface area contributed by atoms with E-state index in [1.54, 1.807) is 0 Å². The van der Waals surface area contributed by atoms with Gasteiger partial charge >= 0.3 is 11.9 Å². The van der Waals surface area contributed by atoms with Crippen molar-refractivity contribution in [2.45, 2.75) is 80.4 Å². The lowest BCUT2D eigenvalue weighted by atomic mass is 9.76. The van der Waals surface area contributed by atoms with Crippen LogP contribution in [0.2, 0.25) is 0 Å². The molecule has 0 aromatic rings. The van der Waals surface area contributed by atoms with E-state index >= 15 is 0 Å². The molecule has 0 aromatic carbocycles. The first-order chi connectivity index (χ1) is 25.3. The molecule has 4 aliphatic heterocycles. The van der Waals surface area contributed by atoms with Crippen LogP contribution >= 0.6 is 0 Å². The molecular formula is C34H46O19. The van der Waals surface area contributed by atoms with Gasteiger partial charge in [-0.15, -0.1) is 13.2 Å². The highest BCUT2D eigenvalue weighted by Gasteiger charge is 2.50. The summed E-state index contributed by atoms with van der Waals surface area (Å²) in [6, 6.07) is 0. The highest BCUT2D eigenvalue weighted by Crippen LogP contribution is 2.41.